The first-order valence-electron chi connectivity index (χ1n) is 12.4. The van der Waals surface area contributed by atoms with Gasteiger partial charge in [0.15, 0.2) is 0 Å². The number of alkyl halides is 3. The van der Waals surface area contributed by atoms with Gasteiger partial charge in [0.2, 0.25) is 11.8 Å². The Morgan fingerprint density at radius 2 is 1.85 bits per heavy atom. The van der Waals surface area contributed by atoms with Crippen molar-refractivity contribution in [1.29, 1.82) is 0 Å². The normalized spacial score (nSPS) is 13.1. The van der Waals surface area contributed by atoms with Crippen LogP contribution in [-0.2, 0) is 39.3 Å². The van der Waals surface area contributed by atoms with Gasteiger partial charge in [0.1, 0.15) is 12.2 Å². The molecule has 41 heavy (non-hydrogen) atoms. The Morgan fingerprint density at radius 1 is 1.20 bits per heavy atom. The first-order valence-corrected chi connectivity index (χ1v) is 12.4. The molecule has 0 radical (unpaired) electrons. The minimum absolute atomic E-state index is 0.0162. The van der Waals surface area contributed by atoms with Crippen molar-refractivity contribution in [2.45, 2.75) is 45.6 Å². The summed E-state index contributed by atoms with van der Waals surface area (Å²) in [6.07, 6.45) is -0.0633. The van der Waals surface area contributed by atoms with Crippen molar-refractivity contribution in [3.05, 3.63) is 95.6 Å². The van der Waals surface area contributed by atoms with E-state index in [2.05, 4.69) is 33.5 Å². The molecule has 0 fully saturated rings. The highest BCUT2D eigenvalue weighted by Crippen LogP contribution is 2.26. The van der Waals surface area contributed by atoms with E-state index in [1.807, 2.05) is 0 Å². The summed E-state index contributed by atoms with van der Waals surface area (Å²) in [5.41, 5.74) is 0.847. The second-order valence-electron chi connectivity index (χ2n) is 9.57. The molecule has 12 heteroatoms. The fourth-order valence-corrected chi connectivity index (χ4v) is 3.33. The molecule has 0 aliphatic rings. The first kappa shape index (κ1) is 33.0. The third-order valence-electron chi connectivity index (χ3n) is 5.78. The number of benzene rings is 1. The van der Waals surface area contributed by atoms with E-state index in [1.165, 1.54) is 40.2 Å². The smallest absolute Gasteiger partial charge is 0.416 e. The standard InChI is InChI=1S/C29H34F4N4O4/c1-8-23(29(30,31)32)14-9-19(2)40-17-25-24(16-35-37(25)6)27(39-7)36-20(3)22-12-10-21(11-13-22)15-26(38)34-18-28(4,5)41-33/h8-14,16H,1,3,15,17-18H2,2,4-7H3,(H,34,38)/b19-9+,23-14+,36-27?. The maximum atomic E-state index is 12.9. The molecule has 1 N–H and O–H groups in total. The number of aromatic nitrogens is 2. The van der Waals surface area contributed by atoms with E-state index in [0.717, 1.165) is 17.7 Å². The van der Waals surface area contributed by atoms with Crippen LogP contribution in [0.3, 0.4) is 0 Å². The van der Waals surface area contributed by atoms with Gasteiger partial charge in [-0.25, -0.2) is 4.99 Å². The summed E-state index contributed by atoms with van der Waals surface area (Å²) in [6, 6.07) is 7.01. The van der Waals surface area contributed by atoms with Crippen LogP contribution >= 0.6 is 0 Å². The third-order valence-corrected chi connectivity index (χ3v) is 5.78. The van der Waals surface area contributed by atoms with E-state index in [4.69, 9.17) is 9.47 Å². The fraction of sp³-hybridized carbons (Fsp3) is 0.345. The number of amides is 1. The van der Waals surface area contributed by atoms with E-state index in [1.54, 1.807) is 36.0 Å². The van der Waals surface area contributed by atoms with Gasteiger partial charge in [-0.3, -0.25) is 9.48 Å². The number of rotatable bonds is 13. The number of hydrogen-bond donors (Lipinski definition) is 1. The molecule has 2 aromatic rings. The quantitative estimate of drug-likeness (QED) is 0.105. The minimum Gasteiger partial charge on any atom is -0.492 e. The van der Waals surface area contributed by atoms with Gasteiger partial charge in [-0.05, 0) is 48.6 Å². The van der Waals surface area contributed by atoms with Gasteiger partial charge in [-0.15, -0.1) is 0 Å². The zero-order valence-electron chi connectivity index (χ0n) is 23.6. The van der Waals surface area contributed by atoms with Gasteiger partial charge in [-0.2, -0.15) is 23.2 Å². The largest absolute Gasteiger partial charge is 0.492 e. The average molecular weight is 579 g/mol. The van der Waals surface area contributed by atoms with Crippen LogP contribution in [0.15, 0.2) is 78.2 Å². The third kappa shape index (κ3) is 10.1. The Labute approximate surface area is 236 Å². The second-order valence-corrected chi connectivity index (χ2v) is 9.57. The number of nitrogens with zero attached hydrogens (tertiary/aromatic N) is 3. The number of methoxy groups -OCH3 is 1. The molecule has 0 spiro atoms. The van der Waals surface area contributed by atoms with Crippen molar-refractivity contribution >= 4 is 17.5 Å². The molecule has 0 unspecified atom stereocenters. The summed E-state index contributed by atoms with van der Waals surface area (Å²) in [4.78, 5) is 20.5. The maximum Gasteiger partial charge on any atom is 0.416 e. The number of halogens is 4. The number of aryl methyl sites for hydroxylation is 1. The average Bonchev–Trinajstić information content (AvgIpc) is 3.29. The lowest BCUT2D eigenvalue weighted by molar-refractivity contribution is -0.219. The molecule has 1 aromatic carbocycles. The molecule has 0 saturated heterocycles. The van der Waals surface area contributed by atoms with Crippen LogP contribution in [0.1, 0.15) is 43.2 Å². The van der Waals surface area contributed by atoms with Crippen LogP contribution < -0.4 is 5.32 Å². The summed E-state index contributed by atoms with van der Waals surface area (Å²) < 4.78 is 63.8. The highest BCUT2D eigenvalue weighted by Gasteiger charge is 2.30. The van der Waals surface area contributed by atoms with Gasteiger partial charge in [0.25, 0.3) is 0 Å². The molecule has 0 aliphatic heterocycles. The second kappa shape index (κ2) is 14.4. The van der Waals surface area contributed by atoms with Crippen molar-refractivity contribution < 1.29 is 36.9 Å². The zero-order chi connectivity index (χ0) is 30.8. The fourth-order valence-electron chi connectivity index (χ4n) is 3.33. The van der Waals surface area contributed by atoms with E-state index in [-0.39, 0.29) is 37.1 Å². The number of carbonyl (C=O) groups is 1. The Kier molecular flexibility index (Phi) is 11.6. The van der Waals surface area contributed by atoms with Gasteiger partial charge in [0, 0.05) is 13.6 Å². The van der Waals surface area contributed by atoms with Crippen molar-refractivity contribution in [1.82, 2.24) is 15.1 Å². The van der Waals surface area contributed by atoms with Gasteiger partial charge in [-0.1, -0.05) is 43.5 Å². The van der Waals surface area contributed by atoms with Gasteiger partial charge in [0.05, 0.1) is 48.0 Å². The lowest BCUT2D eigenvalue weighted by Gasteiger charge is -2.19. The van der Waals surface area contributed by atoms with Crippen molar-refractivity contribution in [2.24, 2.45) is 12.0 Å². The summed E-state index contributed by atoms with van der Waals surface area (Å²) in [6.45, 7) is 11.8. The SMILES string of the molecule is C=C/C(=C\C=C(/C)OCc1c(C(=NC(=C)c2ccc(CC(=O)NCC(C)(C)OF)cc2)OC)cnn1C)C(F)(F)F. The van der Waals surface area contributed by atoms with Crippen LogP contribution in [0, 0.1) is 0 Å². The summed E-state index contributed by atoms with van der Waals surface area (Å²) in [5, 5.41) is 6.85. The summed E-state index contributed by atoms with van der Waals surface area (Å²) in [7, 11) is 3.12. The Hall–Kier alpha value is -4.19. The van der Waals surface area contributed by atoms with Crippen LogP contribution in [0.25, 0.3) is 5.70 Å². The predicted octanol–water partition coefficient (Wildman–Crippen LogP) is 5.92. The van der Waals surface area contributed by atoms with Crippen LogP contribution in [0.2, 0.25) is 0 Å². The first-order chi connectivity index (χ1) is 19.2. The van der Waals surface area contributed by atoms with Crippen molar-refractivity contribution in [3.63, 3.8) is 0 Å². The summed E-state index contributed by atoms with van der Waals surface area (Å²) in [5.74, 6) is 0.167. The molecule has 1 aromatic heterocycles. The number of ether oxygens (including phenoxy) is 2. The molecule has 0 bridgehead atoms. The molecule has 0 aliphatic carbocycles. The number of hydrogen-bond acceptors (Lipinski definition) is 6. The molecule has 2 rings (SSSR count). The summed E-state index contributed by atoms with van der Waals surface area (Å²) >= 11 is 0. The predicted molar refractivity (Wildman–Crippen MR) is 148 cm³/mol. The lowest BCUT2D eigenvalue weighted by atomic mass is 10.1. The molecule has 1 amide bonds. The van der Waals surface area contributed by atoms with Crippen molar-refractivity contribution in [3.8, 4) is 0 Å². The number of aliphatic imine (C=N–C) groups is 1. The molecule has 8 nitrogen and oxygen atoms in total. The molecule has 0 atom stereocenters. The number of allylic oxidation sites excluding steroid dienone is 5. The van der Waals surface area contributed by atoms with E-state index in [0.29, 0.717) is 22.5 Å². The zero-order valence-corrected chi connectivity index (χ0v) is 23.6. The monoisotopic (exact) mass is 578 g/mol. The number of carbonyl (C=O) groups excluding carboxylic acids is 1. The lowest BCUT2D eigenvalue weighted by Crippen LogP contribution is -2.39. The van der Waals surface area contributed by atoms with Gasteiger partial charge >= 0.3 is 6.18 Å². The molecule has 1 heterocycles. The molecule has 222 valence electrons. The highest BCUT2D eigenvalue weighted by molar-refractivity contribution is 5.98. The van der Waals surface area contributed by atoms with E-state index < -0.39 is 17.4 Å². The Balaban J connectivity index is 2.13. The number of nitrogens with one attached hydrogen (secondary N) is 1. The highest BCUT2D eigenvalue weighted by atomic mass is 19.4. The van der Waals surface area contributed by atoms with Crippen LogP contribution in [0.5, 0.6) is 0 Å². The van der Waals surface area contributed by atoms with Crippen molar-refractivity contribution in [2.75, 3.05) is 13.7 Å². The molecular formula is C29H34F4N4O4. The van der Waals surface area contributed by atoms with E-state index >= 15 is 0 Å². The van der Waals surface area contributed by atoms with Crippen LogP contribution in [0.4, 0.5) is 17.7 Å². The Morgan fingerprint density at radius 3 is 2.41 bits per heavy atom. The van der Waals surface area contributed by atoms with Crippen LogP contribution in [-0.4, -0.2) is 47.0 Å². The van der Waals surface area contributed by atoms with Gasteiger partial charge < -0.3 is 14.8 Å². The topological polar surface area (TPSA) is 87.0 Å². The van der Waals surface area contributed by atoms with E-state index in [9.17, 15) is 22.5 Å². The maximum absolute atomic E-state index is 12.9. The minimum atomic E-state index is -4.51. The molecule has 0 saturated carbocycles. The Bertz CT molecular complexity index is 1320. The molecular weight excluding hydrogens is 544 g/mol.